The first-order chi connectivity index (χ1) is 13.0. The predicted molar refractivity (Wildman–Crippen MR) is 105 cm³/mol. The Hall–Kier alpha value is -1.95. The topological polar surface area (TPSA) is 44.7 Å². The number of carbonyl (C=O) groups is 1. The van der Waals surface area contributed by atoms with Gasteiger partial charge in [0.25, 0.3) is 5.91 Å². The molecule has 2 aliphatic rings. The maximum atomic E-state index is 14.0. The van der Waals surface area contributed by atoms with E-state index in [0.717, 1.165) is 5.56 Å². The number of rotatable bonds is 3. The number of amides is 1. The molecule has 0 bridgehead atoms. The Morgan fingerprint density at radius 1 is 1.11 bits per heavy atom. The van der Waals surface area contributed by atoms with Crippen molar-refractivity contribution in [3.8, 4) is 0 Å². The molecular formula is C20H18Cl2FN3O. The number of nitrogens with zero attached hydrogens (tertiary/aromatic N) is 2. The Kier molecular flexibility index (Phi) is 4.93. The maximum absolute atomic E-state index is 14.0. The van der Waals surface area contributed by atoms with Crippen LogP contribution in [-0.4, -0.2) is 35.3 Å². The fraction of sp³-hybridized carbons (Fsp3) is 0.300. The van der Waals surface area contributed by atoms with Crippen LogP contribution in [-0.2, 0) is 11.3 Å². The number of nitrogens with one attached hydrogen (secondary N) is 1. The molecule has 2 aliphatic heterocycles. The third-order valence-electron chi connectivity index (χ3n) is 5.13. The van der Waals surface area contributed by atoms with Gasteiger partial charge in [0, 0.05) is 53.6 Å². The van der Waals surface area contributed by atoms with Gasteiger partial charge < -0.3 is 5.32 Å². The molecule has 1 fully saturated rings. The highest BCUT2D eigenvalue weighted by molar-refractivity contribution is 6.47. The molecule has 1 spiro atoms. The molecule has 0 atom stereocenters. The zero-order chi connectivity index (χ0) is 19.0. The molecular weight excluding hydrogens is 388 g/mol. The minimum Gasteiger partial charge on any atom is -0.326 e. The van der Waals surface area contributed by atoms with Gasteiger partial charge in [0.15, 0.2) is 0 Å². The first-order valence-corrected chi connectivity index (χ1v) is 9.55. The van der Waals surface area contributed by atoms with Gasteiger partial charge in [0.1, 0.15) is 17.2 Å². The standard InChI is InChI=1S/C20H18Cl2FN3O/c21-14-6-4-13(5-7-14)18-19(27)25-20(24-18)8-10-26(11-9-20)12-15-16(22)2-1-3-17(15)23/h1-7H,8-12H2,(H,25,27). The number of aliphatic imine (C=N–C) groups is 1. The number of piperidine rings is 1. The number of likely N-dealkylation sites (tertiary alicyclic amines) is 1. The second-order valence-electron chi connectivity index (χ2n) is 6.93. The Labute approximate surface area is 167 Å². The smallest absolute Gasteiger partial charge is 0.272 e. The molecule has 2 aromatic carbocycles. The Bertz CT molecular complexity index is 886. The highest BCUT2D eigenvalue weighted by atomic mass is 35.5. The van der Waals surface area contributed by atoms with Gasteiger partial charge in [0.05, 0.1) is 0 Å². The van der Waals surface area contributed by atoms with Crippen molar-refractivity contribution in [1.82, 2.24) is 10.2 Å². The van der Waals surface area contributed by atoms with Crippen LogP contribution in [0.2, 0.25) is 10.0 Å². The summed E-state index contributed by atoms with van der Waals surface area (Å²) >= 11 is 12.1. The van der Waals surface area contributed by atoms with Crippen molar-refractivity contribution in [2.75, 3.05) is 13.1 Å². The second-order valence-corrected chi connectivity index (χ2v) is 7.77. The van der Waals surface area contributed by atoms with E-state index in [9.17, 15) is 9.18 Å². The average Bonchev–Trinajstić information content (AvgIpc) is 2.97. The highest BCUT2D eigenvalue weighted by Gasteiger charge is 2.42. The van der Waals surface area contributed by atoms with E-state index in [0.29, 0.717) is 53.8 Å². The lowest BCUT2D eigenvalue weighted by Gasteiger charge is -2.37. The van der Waals surface area contributed by atoms with Crippen LogP contribution in [0.25, 0.3) is 0 Å². The number of hydrogen-bond acceptors (Lipinski definition) is 3. The molecule has 0 radical (unpaired) electrons. The van der Waals surface area contributed by atoms with Crippen molar-refractivity contribution in [1.29, 1.82) is 0 Å². The van der Waals surface area contributed by atoms with Crippen LogP contribution in [0.15, 0.2) is 47.5 Å². The van der Waals surface area contributed by atoms with Crippen molar-refractivity contribution in [2.45, 2.75) is 25.0 Å². The van der Waals surface area contributed by atoms with E-state index < -0.39 is 5.66 Å². The van der Waals surface area contributed by atoms with Crippen LogP contribution in [0.5, 0.6) is 0 Å². The van der Waals surface area contributed by atoms with Crippen molar-refractivity contribution < 1.29 is 9.18 Å². The summed E-state index contributed by atoms with van der Waals surface area (Å²) in [6.45, 7) is 1.84. The van der Waals surface area contributed by atoms with E-state index in [-0.39, 0.29) is 11.7 Å². The summed E-state index contributed by atoms with van der Waals surface area (Å²) in [4.78, 5) is 19.3. The van der Waals surface area contributed by atoms with Gasteiger partial charge in [-0.25, -0.2) is 4.39 Å². The zero-order valence-electron chi connectivity index (χ0n) is 14.5. The molecule has 4 nitrogen and oxygen atoms in total. The quantitative estimate of drug-likeness (QED) is 0.836. The number of halogens is 3. The van der Waals surface area contributed by atoms with Gasteiger partial charge in [-0.1, -0.05) is 41.4 Å². The van der Waals surface area contributed by atoms with Crippen molar-refractivity contribution in [2.24, 2.45) is 4.99 Å². The van der Waals surface area contributed by atoms with Crippen LogP contribution in [0.3, 0.4) is 0 Å². The molecule has 1 amide bonds. The Balaban J connectivity index is 1.47. The van der Waals surface area contributed by atoms with Gasteiger partial charge in [-0.05, 0) is 24.3 Å². The average molecular weight is 406 g/mol. The first-order valence-electron chi connectivity index (χ1n) is 8.79. The highest BCUT2D eigenvalue weighted by Crippen LogP contribution is 2.30. The molecule has 2 heterocycles. The fourth-order valence-electron chi connectivity index (χ4n) is 3.59. The summed E-state index contributed by atoms with van der Waals surface area (Å²) in [7, 11) is 0. The molecule has 1 N–H and O–H groups in total. The third kappa shape index (κ3) is 3.72. The van der Waals surface area contributed by atoms with Crippen LogP contribution in [0.4, 0.5) is 4.39 Å². The summed E-state index contributed by atoms with van der Waals surface area (Å²) in [5.41, 5.74) is 1.13. The summed E-state index contributed by atoms with van der Waals surface area (Å²) < 4.78 is 14.0. The summed E-state index contributed by atoms with van der Waals surface area (Å²) in [5.74, 6) is -0.456. The molecule has 0 unspecified atom stereocenters. The monoisotopic (exact) mass is 405 g/mol. The minimum atomic E-state index is -0.582. The van der Waals surface area contributed by atoms with E-state index in [1.165, 1.54) is 6.07 Å². The SMILES string of the molecule is O=C1NC2(CCN(Cc3c(F)cccc3Cl)CC2)N=C1c1ccc(Cl)cc1. The molecule has 27 heavy (non-hydrogen) atoms. The molecule has 140 valence electrons. The second kappa shape index (κ2) is 7.23. The normalized spacial score (nSPS) is 19.2. The van der Waals surface area contributed by atoms with Gasteiger partial charge in [-0.15, -0.1) is 0 Å². The zero-order valence-corrected chi connectivity index (χ0v) is 16.0. The maximum Gasteiger partial charge on any atom is 0.272 e. The largest absolute Gasteiger partial charge is 0.326 e. The van der Waals surface area contributed by atoms with Crippen LogP contribution >= 0.6 is 23.2 Å². The van der Waals surface area contributed by atoms with Crippen LogP contribution < -0.4 is 5.32 Å². The number of benzene rings is 2. The van der Waals surface area contributed by atoms with Crippen molar-refractivity contribution in [3.05, 3.63) is 69.5 Å². The van der Waals surface area contributed by atoms with E-state index in [1.807, 2.05) is 0 Å². The lowest BCUT2D eigenvalue weighted by molar-refractivity contribution is -0.115. The molecule has 4 rings (SSSR count). The predicted octanol–water partition coefficient (Wildman–Crippen LogP) is 4.04. The Morgan fingerprint density at radius 3 is 2.48 bits per heavy atom. The van der Waals surface area contributed by atoms with Gasteiger partial charge in [0.2, 0.25) is 0 Å². The number of hydrogen-bond donors (Lipinski definition) is 1. The lowest BCUT2D eigenvalue weighted by atomic mass is 9.97. The lowest BCUT2D eigenvalue weighted by Crippen LogP contribution is -2.50. The molecule has 2 aromatic rings. The van der Waals surface area contributed by atoms with Crippen molar-refractivity contribution in [3.63, 3.8) is 0 Å². The molecule has 7 heteroatoms. The van der Waals surface area contributed by atoms with Crippen molar-refractivity contribution >= 4 is 34.8 Å². The fourth-order valence-corrected chi connectivity index (χ4v) is 3.94. The van der Waals surface area contributed by atoms with Crippen LogP contribution in [0, 0.1) is 5.82 Å². The Morgan fingerprint density at radius 2 is 1.81 bits per heavy atom. The van der Waals surface area contributed by atoms with E-state index >= 15 is 0 Å². The van der Waals surface area contributed by atoms with E-state index in [4.69, 9.17) is 28.2 Å². The molecule has 1 saturated heterocycles. The van der Waals surface area contributed by atoms with E-state index in [2.05, 4.69) is 10.2 Å². The van der Waals surface area contributed by atoms with E-state index in [1.54, 1.807) is 36.4 Å². The van der Waals surface area contributed by atoms with Gasteiger partial charge in [-0.2, -0.15) is 0 Å². The van der Waals surface area contributed by atoms with Crippen LogP contribution in [0.1, 0.15) is 24.0 Å². The summed E-state index contributed by atoms with van der Waals surface area (Å²) in [6, 6.07) is 11.8. The minimum absolute atomic E-state index is 0.164. The summed E-state index contributed by atoms with van der Waals surface area (Å²) in [6.07, 6.45) is 1.34. The molecule has 0 aromatic heterocycles. The van der Waals surface area contributed by atoms with Gasteiger partial charge in [-0.3, -0.25) is 14.7 Å². The summed E-state index contributed by atoms with van der Waals surface area (Å²) in [5, 5.41) is 4.09. The molecule has 0 saturated carbocycles. The number of carbonyl (C=O) groups excluding carboxylic acids is 1. The first kappa shape index (κ1) is 18.4. The third-order valence-corrected chi connectivity index (χ3v) is 5.74. The van der Waals surface area contributed by atoms with Gasteiger partial charge >= 0.3 is 0 Å². The molecule has 0 aliphatic carbocycles.